The van der Waals surface area contributed by atoms with Gasteiger partial charge in [-0.1, -0.05) is 24.3 Å². The average Bonchev–Trinajstić information content (AvgIpc) is 3.51. The Labute approximate surface area is 254 Å². The minimum atomic E-state index is -0.257. The van der Waals surface area contributed by atoms with Crippen molar-refractivity contribution < 1.29 is 9.59 Å². The van der Waals surface area contributed by atoms with Crippen molar-refractivity contribution in [2.75, 3.05) is 30.7 Å². The number of amides is 1. The van der Waals surface area contributed by atoms with Crippen LogP contribution in [0.5, 0.6) is 0 Å². The van der Waals surface area contributed by atoms with Crippen LogP contribution in [-0.4, -0.2) is 56.5 Å². The first-order valence-corrected chi connectivity index (χ1v) is 15.3. The first-order chi connectivity index (χ1) is 21.5. The maximum absolute atomic E-state index is 14.1. The molecule has 4 atom stereocenters. The highest BCUT2D eigenvalue weighted by molar-refractivity contribution is 6.04. The Balaban J connectivity index is 1.11. The highest BCUT2D eigenvalue weighted by Gasteiger charge is 2.47. The molecule has 11 heteroatoms. The number of fused-ring (bicyclic) bond motifs is 2. The predicted octanol–water partition coefficient (Wildman–Crippen LogP) is 3.08. The SMILES string of the molecule is Nc1ncnc2c1n(-c1ccc(NC(=O)c3ccccc3)cc1)c(=O)n2C1CC2CNC(C(=O)/C=C/CNCC3CC3)C2C1. The van der Waals surface area contributed by atoms with Crippen LogP contribution in [0.4, 0.5) is 11.5 Å². The van der Waals surface area contributed by atoms with E-state index in [2.05, 4.69) is 25.9 Å². The van der Waals surface area contributed by atoms with Gasteiger partial charge in [0.25, 0.3) is 5.91 Å². The number of hydrogen-bond donors (Lipinski definition) is 4. The molecule has 4 aromatic rings. The van der Waals surface area contributed by atoms with E-state index >= 15 is 0 Å². The zero-order chi connectivity index (χ0) is 30.2. The number of nitrogens with one attached hydrogen (secondary N) is 3. The summed E-state index contributed by atoms with van der Waals surface area (Å²) in [5.74, 6) is 1.30. The van der Waals surface area contributed by atoms with Gasteiger partial charge in [-0.25, -0.2) is 14.8 Å². The van der Waals surface area contributed by atoms with E-state index in [1.165, 1.54) is 19.2 Å². The van der Waals surface area contributed by atoms with Crippen LogP contribution in [0.25, 0.3) is 16.9 Å². The Kier molecular flexibility index (Phi) is 7.57. The van der Waals surface area contributed by atoms with E-state index in [0.717, 1.165) is 25.4 Å². The lowest BCUT2D eigenvalue weighted by Crippen LogP contribution is -2.35. The predicted molar refractivity (Wildman–Crippen MR) is 169 cm³/mol. The van der Waals surface area contributed by atoms with Crippen molar-refractivity contribution >= 4 is 34.4 Å². The zero-order valence-corrected chi connectivity index (χ0v) is 24.4. The van der Waals surface area contributed by atoms with Crippen molar-refractivity contribution in [3.05, 3.63) is 89.1 Å². The van der Waals surface area contributed by atoms with Crippen LogP contribution in [0.3, 0.4) is 0 Å². The number of hydrogen-bond acceptors (Lipinski definition) is 8. The average molecular weight is 593 g/mol. The second-order valence-electron chi connectivity index (χ2n) is 12.1. The molecule has 2 saturated carbocycles. The third-order valence-electron chi connectivity index (χ3n) is 9.20. The lowest BCUT2D eigenvalue weighted by atomic mass is 9.91. The molecule has 3 aliphatic rings. The largest absolute Gasteiger partial charge is 0.382 e. The van der Waals surface area contributed by atoms with Crippen LogP contribution in [0.1, 0.15) is 42.1 Å². The maximum Gasteiger partial charge on any atom is 0.335 e. The Bertz CT molecular complexity index is 1770. The Hall–Kier alpha value is -4.61. The van der Waals surface area contributed by atoms with E-state index in [4.69, 9.17) is 5.73 Å². The number of nitrogens with zero attached hydrogens (tertiary/aromatic N) is 4. The summed E-state index contributed by atoms with van der Waals surface area (Å²) in [7, 11) is 0. The molecule has 3 fully saturated rings. The van der Waals surface area contributed by atoms with Gasteiger partial charge in [-0.15, -0.1) is 0 Å². The van der Waals surface area contributed by atoms with Gasteiger partial charge >= 0.3 is 5.69 Å². The van der Waals surface area contributed by atoms with Crippen molar-refractivity contribution in [3.63, 3.8) is 0 Å². The third kappa shape index (κ3) is 5.44. The summed E-state index contributed by atoms with van der Waals surface area (Å²) in [6, 6.07) is 15.6. The molecule has 0 bridgehead atoms. The van der Waals surface area contributed by atoms with Gasteiger partial charge in [0.15, 0.2) is 17.2 Å². The number of imidazole rings is 1. The van der Waals surface area contributed by atoms with Crippen molar-refractivity contribution in [2.24, 2.45) is 17.8 Å². The van der Waals surface area contributed by atoms with Crippen LogP contribution in [0.2, 0.25) is 0 Å². The molecule has 2 aromatic heterocycles. The van der Waals surface area contributed by atoms with E-state index in [-0.39, 0.29) is 47.1 Å². The Morgan fingerprint density at radius 2 is 1.84 bits per heavy atom. The number of carbonyl (C=O) groups is 2. The fourth-order valence-corrected chi connectivity index (χ4v) is 6.82. The fraction of sp³-hybridized carbons (Fsp3) is 0.364. The normalized spacial score (nSPS) is 22.9. The standard InChI is InChI=1S/C33H36N8O3/c34-30-29-31(38-19-37-30)41(25-15-22-18-36-28(26(22)16-25)27(42)7-4-14-35-17-20-8-9-20)33(44)40(29)24-12-10-23(11-13-24)39-32(43)21-5-2-1-3-6-21/h1-7,10-13,19-20,22,25-26,28,35-36H,8-9,14-18H2,(H,39,43)(H2,34,37,38)/b7-4+. The molecule has 2 aromatic carbocycles. The summed E-state index contributed by atoms with van der Waals surface area (Å²) in [5, 5.41) is 9.71. The summed E-state index contributed by atoms with van der Waals surface area (Å²) in [5.41, 5.74) is 8.74. The molecule has 1 aliphatic heterocycles. The van der Waals surface area contributed by atoms with E-state index < -0.39 is 0 Å². The van der Waals surface area contributed by atoms with Gasteiger partial charge in [-0.3, -0.25) is 18.7 Å². The monoisotopic (exact) mass is 592 g/mol. The summed E-state index contributed by atoms with van der Waals surface area (Å²) in [6.45, 7) is 2.45. The van der Waals surface area contributed by atoms with Crippen molar-refractivity contribution in [2.45, 2.75) is 37.8 Å². The van der Waals surface area contributed by atoms with Gasteiger partial charge in [0.2, 0.25) is 0 Å². The van der Waals surface area contributed by atoms with Crippen LogP contribution in [0, 0.1) is 17.8 Å². The van der Waals surface area contributed by atoms with Gasteiger partial charge in [0.05, 0.1) is 11.7 Å². The van der Waals surface area contributed by atoms with Gasteiger partial charge in [-0.05, 0) is 99.0 Å². The maximum atomic E-state index is 14.1. The highest BCUT2D eigenvalue weighted by Crippen LogP contribution is 2.44. The van der Waals surface area contributed by atoms with E-state index in [1.54, 1.807) is 51.6 Å². The number of benzene rings is 2. The Morgan fingerprint density at radius 3 is 2.61 bits per heavy atom. The quantitative estimate of drug-likeness (QED) is 0.162. The molecular weight excluding hydrogens is 556 g/mol. The number of aromatic nitrogens is 4. The lowest BCUT2D eigenvalue weighted by molar-refractivity contribution is -0.117. The van der Waals surface area contributed by atoms with Gasteiger partial charge in [0.1, 0.15) is 11.8 Å². The smallest absolute Gasteiger partial charge is 0.335 e. The third-order valence-corrected chi connectivity index (χ3v) is 9.20. The molecule has 0 radical (unpaired) electrons. The van der Waals surface area contributed by atoms with Gasteiger partial charge in [0, 0.05) is 23.8 Å². The minimum absolute atomic E-state index is 0.0900. The second-order valence-corrected chi connectivity index (χ2v) is 12.1. The van der Waals surface area contributed by atoms with Gasteiger partial charge in [-0.2, -0.15) is 0 Å². The van der Waals surface area contributed by atoms with Crippen LogP contribution >= 0.6 is 0 Å². The summed E-state index contributed by atoms with van der Waals surface area (Å²) < 4.78 is 3.27. The lowest BCUT2D eigenvalue weighted by Gasteiger charge is -2.17. The summed E-state index contributed by atoms with van der Waals surface area (Å²) in [6.07, 6.45) is 9.05. The molecule has 5 N–H and O–H groups in total. The molecule has 4 unspecified atom stereocenters. The van der Waals surface area contributed by atoms with Crippen LogP contribution in [0.15, 0.2) is 77.9 Å². The van der Waals surface area contributed by atoms with Crippen molar-refractivity contribution in [1.29, 1.82) is 0 Å². The Morgan fingerprint density at radius 1 is 1.05 bits per heavy atom. The van der Waals surface area contributed by atoms with Crippen LogP contribution < -0.4 is 27.4 Å². The van der Waals surface area contributed by atoms with E-state index in [9.17, 15) is 14.4 Å². The van der Waals surface area contributed by atoms with Crippen molar-refractivity contribution in [3.8, 4) is 5.69 Å². The molecule has 3 heterocycles. The number of rotatable bonds is 10. The summed E-state index contributed by atoms with van der Waals surface area (Å²) >= 11 is 0. The molecule has 11 nitrogen and oxygen atoms in total. The van der Waals surface area contributed by atoms with Crippen LogP contribution in [-0.2, 0) is 4.79 Å². The minimum Gasteiger partial charge on any atom is -0.382 e. The molecule has 44 heavy (non-hydrogen) atoms. The number of nitrogens with two attached hydrogens (primary N) is 1. The number of anilines is 2. The molecular formula is C33H36N8O3. The number of ketones is 1. The number of nitrogen functional groups attached to an aromatic ring is 1. The summed E-state index contributed by atoms with van der Waals surface area (Å²) in [4.78, 5) is 48.5. The molecule has 2 aliphatic carbocycles. The van der Waals surface area contributed by atoms with E-state index in [1.807, 2.05) is 24.3 Å². The number of carbonyl (C=O) groups excluding carboxylic acids is 2. The zero-order valence-electron chi connectivity index (χ0n) is 24.4. The highest BCUT2D eigenvalue weighted by atomic mass is 16.2. The molecule has 0 spiro atoms. The van der Waals surface area contributed by atoms with E-state index in [0.29, 0.717) is 41.1 Å². The topological polar surface area (TPSA) is 149 Å². The molecule has 7 rings (SSSR count). The first-order valence-electron chi connectivity index (χ1n) is 15.3. The van der Waals surface area contributed by atoms with Gasteiger partial charge < -0.3 is 21.7 Å². The molecule has 1 amide bonds. The fourth-order valence-electron chi connectivity index (χ4n) is 6.82. The first kappa shape index (κ1) is 28.2. The molecule has 1 saturated heterocycles. The molecule has 226 valence electrons. The second kappa shape index (κ2) is 11.8. The van der Waals surface area contributed by atoms with Crippen molar-refractivity contribution in [1.82, 2.24) is 29.7 Å².